The highest BCUT2D eigenvalue weighted by Gasteiger charge is 2.10. The van der Waals surface area contributed by atoms with E-state index in [0.29, 0.717) is 6.04 Å². The Morgan fingerprint density at radius 3 is 2.64 bits per heavy atom. The van der Waals surface area contributed by atoms with Crippen LogP contribution in [0.5, 0.6) is 0 Å². The quantitative estimate of drug-likeness (QED) is 0.643. The summed E-state index contributed by atoms with van der Waals surface area (Å²) in [7, 11) is 0. The maximum atomic E-state index is 4.49. The predicted molar refractivity (Wildman–Crippen MR) is 48.7 cm³/mol. The zero-order valence-corrected chi connectivity index (χ0v) is 7.52. The van der Waals surface area contributed by atoms with Crippen LogP contribution in [-0.4, -0.2) is 11.9 Å². The Kier molecular flexibility index (Phi) is 2.69. The molecular weight excluding hydrogens is 136 g/mol. The van der Waals surface area contributed by atoms with Crippen molar-refractivity contribution in [2.24, 2.45) is 4.99 Å². The van der Waals surface area contributed by atoms with Crippen molar-refractivity contribution in [3.8, 4) is 0 Å². The molecule has 0 bridgehead atoms. The van der Waals surface area contributed by atoms with Gasteiger partial charge in [-0.25, -0.2) is 0 Å². The third-order valence-corrected chi connectivity index (χ3v) is 2.05. The highest BCUT2D eigenvalue weighted by atomic mass is 15.0. The van der Waals surface area contributed by atoms with Crippen LogP contribution in [0.3, 0.4) is 0 Å². The topological polar surface area (TPSA) is 24.4 Å². The summed E-state index contributed by atoms with van der Waals surface area (Å²) in [5.41, 5.74) is 1.39. The lowest BCUT2D eigenvalue weighted by Gasteiger charge is -2.18. The Bertz CT molecular complexity index is 192. The van der Waals surface area contributed by atoms with Crippen molar-refractivity contribution in [1.82, 2.24) is 5.32 Å². The Balaban J connectivity index is 2.63. The van der Waals surface area contributed by atoms with Crippen LogP contribution in [0.4, 0.5) is 0 Å². The van der Waals surface area contributed by atoms with Crippen LogP contribution in [-0.2, 0) is 0 Å². The average molecular weight is 152 g/mol. The summed E-state index contributed by atoms with van der Waals surface area (Å²) in [6, 6.07) is 0.385. The van der Waals surface area contributed by atoms with Gasteiger partial charge in [0.1, 0.15) is 5.84 Å². The molecule has 0 aromatic heterocycles. The number of rotatable bonds is 2. The van der Waals surface area contributed by atoms with Crippen LogP contribution < -0.4 is 5.32 Å². The first-order valence-electron chi connectivity index (χ1n) is 4.30. The summed E-state index contributed by atoms with van der Waals surface area (Å²) >= 11 is 0. The first kappa shape index (κ1) is 8.31. The molecule has 0 radical (unpaired) electrons. The Morgan fingerprint density at radius 1 is 1.45 bits per heavy atom. The van der Waals surface area contributed by atoms with E-state index in [2.05, 4.69) is 37.3 Å². The number of aliphatic imine (C=N–C) groups is 1. The van der Waals surface area contributed by atoms with Crippen molar-refractivity contribution in [1.29, 1.82) is 0 Å². The molecule has 0 fully saturated rings. The molecule has 1 N–H and O–H groups in total. The van der Waals surface area contributed by atoms with Gasteiger partial charge in [-0.15, -0.1) is 0 Å². The van der Waals surface area contributed by atoms with E-state index >= 15 is 0 Å². The molecule has 0 spiro atoms. The van der Waals surface area contributed by atoms with E-state index in [0.717, 1.165) is 18.7 Å². The van der Waals surface area contributed by atoms with Gasteiger partial charge >= 0.3 is 0 Å². The fraction of sp³-hybridized carbons (Fsp3) is 0.667. The molecule has 1 unspecified atom stereocenters. The first-order valence-corrected chi connectivity index (χ1v) is 4.30. The van der Waals surface area contributed by atoms with Crippen LogP contribution >= 0.6 is 0 Å². The number of amidine groups is 1. The smallest absolute Gasteiger partial charge is 0.101 e. The van der Waals surface area contributed by atoms with Gasteiger partial charge in [-0.1, -0.05) is 13.8 Å². The summed E-state index contributed by atoms with van der Waals surface area (Å²) in [5.74, 6) is 1.11. The molecule has 0 amide bonds. The van der Waals surface area contributed by atoms with E-state index in [-0.39, 0.29) is 0 Å². The highest BCUT2D eigenvalue weighted by molar-refractivity contribution is 5.84. The molecule has 1 aliphatic heterocycles. The first-order chi connectivity index (χ1) is 5.27. The van der Waals surface area contributed by atoms with Gasteiger partial charge in [-0.2, -0.15) is 0 Å². The largest absolute Gasteiger partial charge is 0.350 e. The van der Waals surface area contributed by atoms with Crippen molar-refractivity contribution in [2.45, 2.75) is 39.7 Å². The molecule has 0 aliphatic carbocycles. The van der Waals surface area contributed by atoms with Crippen LogP contribution in [0, 0.1) is 0 Å². The van der Waals surface area contributed by atoms with E-state index in [1.165, 1.54) is 5.57 Å². The van der Waals surface area contributed by atoms with Gasteiger partial charge in [0.15, 0.2) is 0 Å². The second kappa shape index (κ2) is 3.56. The Morgan fingerprint density at radius 2 is 2.18 bits per heavy atom. The lowest BCUT2D eigenvalue weighted by Crippen LogP contribution is -2.25. The molecule has 1 aliphatic rings. The number of nitrogens with zero attached hydrogens (tertiary/aromatic N) is 1. The second-order valence-corrected chi connectivity index (χ2v) is 2.82. The monoisotopic (exact) mass is 152 g/mol. The minimum atomic E-state index is 0.385. The van der Waals surface area contributed by atoms with E-state index in [1.54, 1.807) is 0 Å². The Labute approximate surface area is 68.4 Å². The van der Waals surface area contributed by atoms with E-state index in [4.69, 9.17) is 0 Å². The highest BCUT2D eigenvalue weighted by Crippen LogP contribution is 2.13. The lowest BCUT2D eigenvalue weighted by atomic mass is 10.1. The molecule has 0 aromatic rings. The third kappa shape index (κ3) is 1.82. The maximum absolute atomic E-state index is 4.49. The number of hydrogen-bond donors (Lipinski definition) is 1. The van der Waals surface area contributed by atoms with Gasteiger partial charge < -0.3 is 5.32 Å². The summed E-state index contributed by atoms with van der Waals surface area (Å²) in [5, 5.41) is 3.19. The molecule has 0 aromatic carbocycles. The average Bonchev–Trinajstić information content (AvgIpc) is 2.04. The van der Waals surface area contributed by atoms with E-state index in [9.17, 15) is 0 Å². The van der Waals surface area contributed by atoms with E-state index in [1.807, 2.05) is 0 Å². The fourth-order valence-corrected chi connectivity index (χ4v) is 1.24. The molecule has 2 heteroatoms. The molecular formula is C9H16N2. The van der Waals surface area contributed by atoms with Crippen LogP contribution in [0.25, 0.3) is 0 Å². The van der Waals surface area contributed by atoms with Gasteiger partial charge in [-0.05, 0) is 18.9 Å². The summed E-state index contributed by atoms with van der Waals surface area (Å²) in [6.07, 6.45) is 4.18. The molecule has 0 saturated heterocycles. The molecule has 11 heavy (non-hydrogen) atoms. The van der Waals surface area contributed by atoms with Crippen molar-refractivity contribution in [3.05, 3.63) is 11.8 Å². The summed E-state index contributed by atoms with van der Waals surface area (Å²) < 4.78 is 0. The van der Waals surface area contributed by atoms with Gasteiger partial charge in [0.25, 0.3) is 0 Å². The van der Waals surface area contributed by atoms with Gasteiger partial charge in [0, 0.05) is 12.6 Å². The van der Waals surface area contributed by atoms with Crippen molar-refractivity contribution in [2.75, 3.05) is 0 Å². The fourth-order valence-electron chi connectivity index (χ4n) is 1.24. The Hall–Kier alpha value is -0.790. The predicted octanol–water partition coefficient (Wildman–Crippen LogP) is 2.08. The summed E-state index contributed by atoms with van der Waals surface area (Å²) in [6.45, 7) is 6.42. The lowest BCUT2D eigenvalue weighted by molar-refractivity contribution is 0.773. The van der Waals surface area contributed by atoms with Gasteiger partial charge in [0.2, 0.25) is 0 Å². The zero-order valence-electron chi connectivity index (χ0n) is 7.52. The molecule has 1 atom stereocenters. The molecule has 1 heterocycles. The third-order valence-electron chi connectivity index (χ3n) is 2.05. The molecule has 62 valence electrons. The maximum Gasteiger partial charge on any atom is 0.101 e. The molecule has 0 saturated carbocycles. The standard InChI is InChI=1S/C9H16N2/c1-4-8-6-10-9(5-2)11-7(8)3/h6-7H,4-5H2,1-3H3,(H,10,11). The number of hydrogen-bond acceptors (Lipinski definition) is 2. The minimum absolute atomic E-state index is 0.385. The van der Waals surface area contributed by atoms with Crippen LogP contribution in [0.15, 0.2) is 16.8 Å². The number of nitrogens with one attached hydrogen (secondary N) is 1. The van der Waals surface area contributed by atoms with Crippen molar-refractivity contribution < 1.29 is 0 Å². The van der Waals surface area contributed by atoms with Crippen molar-refractivity contribution >= 4 is 5.84 Å². The van der Waals surface area contributed by atoms with Crippen LogP contribution in [0.1, 0.15) is 33.6 Å². The molecule has 2 nitrogen and oxygen atoms in total. The molecule has 1 rings (SSSR count). The second-order valence-electron chi connectivity index (χ2n) is 2.82. The SMILES string of the molecule is CCC1=CNC(CC)=NC1C. The summed E-state index contributed by atoms with van der Waals surface area (Å²) in [4.78, 5) is 4.49. The van der Waals surface area contributed by atoms with E-state index < -0.39 is 0 Å². The van der Waals surface area contributed by atoms with Crippen molar-refractivity contribution in [3.63, 3.8) is 0 Å². The minimum Gasteiger partial charge on any atom is -0.350 e. The van der Waals surface area contributed by atoms with Gasteiger partial charge in [-0.3, -0.25) is 4.99 Å². The van der Waals surface area contributed by atoms with Gasteiger partial charge in [0.05, 0.1) is 6.04 Å². The van der Waals surface area contributed by atoms with Crippen LogP contribution in [0.2, 0.25) is 0 Å². The zero-order chi connectivity index (χ0) is 8.27. The normalized spacial score (nSPS) is 23.7.